The number of aryl methyl sites for hydroxylation is 2. The van der Waals surface area contributed by atoms with Crippen molar-refractivity contribution < 1.29 is 4.74 Å². The predicted molar refractivity (Wildman–Crippen MR) is 64.6 cm³/mol. The van der Waals surface area contributed by atoms with Gasteiger partial charge in [-0.3, -0.25) is 4.68 Å². The summed E-state index contributed by atoms with van der Waals surface area (Å²) in [6.07, 6.45) is 3.00. The van der Waals surface area contributed by atoms with Crippen LogP contribution in [0.25, 0.3) is 11.1 Å². The van der Waals surface area contributed by atoms with Gasteiger partial charge in [0.1, 0.15) is 5.75 Å². The van der Waals surface area contributed by atoms with Crippen molar-refractivity contribution >= 4 is 0 Å². The van der Waals surface area contributed by atoms with Crippen LogP contribution in [0.3, 0.4) is 0 Å². The normalized spacial score (nSPS) is 10.4. The number of ether oxygens (including phenoxy) is 1. The second-order valence-electron chi connectivity index (χ2n) is 3.75. The molecular formula is C13H16N2O. The van der Waals surface area contributed by atoms with Crippen LogP contribution < -0.4 is 4.74 Å². The Balaban J connectivity index is 2.41. The number of aromatic nitrogens is 2. The van der Waals surface area contributed by atoms with Gasteiger partial charge >= 0.3 is 0 Å². The summed E-state index contributed by atoms with van der Waals surface area (Å²) in [5, 5.41) is 4.43. The molecule has 84 valence electrons. The Morgan fingerprint density at radius 1 is 1.25 bits per heavy atom. The summed E-state index contributed by atoms with van der Waals surface area (Å²) in [6, 6.07) is 8.08. The van der Waals surface area contributed by atoms with E-state index < -0.39 is 0 Å². The minimum absolute atomic E-state index is 0.880. The summed E-state index contributed by atoms with van der Waals surface area (Å²) in [7, 11) is 3.63. The fourth-order valence-electron chi connectivity index (χ4n) is 1.81. The van der Waals surface area contributed by atoms with Crippen molar-refractivity contribution in [1.82, 2.24) is 9.78 Å². The average molecular weight is 216 g/mol. The van der Waals surface area contributed by atoms with Crippen LogP contribution in [0.2, 0.25) is 0 Å². The second kappa shape index (κ2) is 4.39. The lowest BCUT2D eigenvalue weighted by Crippen LogP contribution is -1.89. The Kier molecular flexibility index (Phi) is 2.95. The maximum atomic E-state index is 5.15. The first kappa shape index (κ1) is 10.7. The molecule has 1 aromatic heterocycles. The number of methoxy groups -OCH3 is 1. The van der Waals surface area contributed by atoms with Crippen LogP contribution in [0, 0.1) is 0 Å². The van der Waals surface area contributed by atoms with Crippen LogP contribution in [0.4, 0.5) is 0 Å². The van der Waals surface area contributed by atoms with Gasteiger partial charge in [-0.1, -0.05) is 19.1 Å². The maximum absolute atomic E-state index is 5.15. The highest BCUT2D eigenvalue weighted by atomic mass is 16.5. The SMILES string of the molecule is CCc1nn(C)cc1-c1ccc(OC)cc1. The smallest absolute Gasteiger partial charge is 0.118 e. The Morgan fingerprint density at radius 3 is 2.50 bits per heavy atom. The Bertz CT molecular complexity index is 471. The number of hydrogen-bond acceptors (Lipinski definition) is 2. The lowest BCUT2D eigenvalue weighted by atomic mass is 10.1. The van der Waals surface area contributed by atoms with Crippen molar-refractivity contribution in [2.45, 2.75) is 13.3 Å². The van der Waals surface area contributed by atoms with Crippen molar-refractivity contribution in [3.8, 4) is 16.9 Å². The first-order valence-corrected chi connectivity index (χ1v) is 5.41. The molecule has 0 unspecified atom stereocenters. The van der Waals surface area contributed by atoms with Gasteiger partial charge in [0.2, 0.25) is 0 Å². The molecule has 0 radical (unpaired) electrons. The van der Waals surface area contributed by atoms with Crippen LogP contribution in [-0.2, 0) is 13.5 Å². The van der Waals surface area contributed by atoms with Gasteiger partial charge in [-0.2, -0.15) is 5.10 Å². The molecule has 0 amide bonds. The van der Waals surface area contributed by atoms with Crippen LogP contribution in [-0.4, -0.2) is 16.9 Å². The quantitative estimate of drug-likeness (QED) is 0.788. The molecule has 0 fully saturated rings. The second-order valence-corrected chi connectivity index (χ2v) is 3.75. The summed E-state index contributed by atoms with van der Waals surface area (Å²) >= 11 is 0. The zero-order valence-electron chi connectivity index (χ0n) is 9.90. The fourth-order valence-corrected chi connectivity index (χ4v) is 1.81. The van der Waals surface area contributed by atoms with Crippen LogP contribution in [0.1, 0.15) is 12.6 Å². The molecule has 0 saturated heterocycles. The number of hydrogen-bond donors (Lipinski definition) is 0. The molecule has 0 aliphatic rings. The molecule has 0 aliphatic carbocycles. The molecule has 3 nitrogen and oxygen atoms in total. The van der Waals surface area contributed by atoms with Crippen molar-refractivity contribution in [3.63, 3.8) is 0 Å². The minimum atomic E-state index is 0.880. The van der Waals surface area contributed by atoms with Gasteiger partial charge in [0.25, 0.3) is 0 Å². The monoisotopic (exact) mass is 216 g/mol. The van der Waals surface area contributed by atoms with Gasteiger partial charge in [0, 0.05) is 18.8 Å². The first-order valence-electron chi connectivity index (χ1n) is 5.41. The van der Waals surface area contributed by atoms with Gasteiger partial charge in [-0.15, -0.1) is 0 Å². The Morgan fingerprint density at radius 2 is 1.94 bits per heavy atom. The van der Waals surface area contributed by atoms with Crippen molar-refractivity contribution in [3.05, 3.63) is 36.2 Å². The summed E-state index contributed by atoms with van der Waals surface area (Å²) in [5.74, 6) is 0.880. The fraction of sp³-hybridized carbons (Fsp3) is 0.308. The third-order valence-electron chi connectivity index (χ3n) is 2.64. The molecule has 3 heteroatoms. The molecular weight excluding hydrogens is 200 g/mol. The summed E-state index contributed by atoms with van der Waals surface area (Å²) in [5.41, 5.74) is 3.52. The van der Waals surface area contributed by atoms with Gasteiger partial charge in [0.15, 0.2) is 0 Å². The highest BCUT2D eigenvalue weighted by Gasteiger charge is 2.07. The third-order valence-corrected chi connectivity index (χ3v) is 2.64. The van der Waals surface area contributed by atoms with E-state index in [1.165, 1.54) is 11.1 Å². The van der Waals surface area contributed by atoms with Crippen molar-refractivity contribution in [2.75, 3.05) is 7.11 Å². The molecule has 0 bridgehead atoms. The highest BCUT2D eigenvalue weighted by molar-refractivity contribution is 5.66. The van der Waals surface area contributed by atoms with Crippen molar-refractivity contribution in [1.29, 1.82) is 0 Å². The maximum Gasteiger partial charge on any atom is 0.118 e. The number of rotatable bonds is 3. The first-order chi connectivity index (χ1) is 7.74. The number of benzene rings is 1. The average Bonchev–Trinajstić information content (AvgIpc) is 2.70. The lowest BCUT2D eigenvalue weighted by molar-refractivity contribution is 0.415. The highest BCUT2D eigenvalue weighted by Crippen LogP contribution is 2.25. The number of nitrogens with zero attached hydrogens (tertiary/aromatic N) is 2. The molecule has 0 aliphatic heterocycles. The third kappa shape index (κ3) is 1.94. The van der Waals surface area contributed by atoms with Gasteiger partial charge < -0.3 is 4.74 Å². The lowest BCUT2D eigenvalue weighted by Gasteiger charge is -2.02. The van der Waals surface area contributed by atoms with E-state index in [4.69, 9.17) is 4.74 Å². The van der Waals surface area contributed by atoms with Gasteiger partial charge in [0.05, 0.1) is 12.8 Å². The van der Waals surface area contributed by atoms with E-state index in [0.29, 0.717) is 0 Å². The molecule has 0 spiro atoms. The molecule has 1 aromatic carbocycles. The van der Waals surface area contributed by atoms with E-state index in [-0.39, 0.29) is 0 Å². The van der Waals surface area contributed by atoms with E-state index in [2.05, 4.69) is 30.4 Å². The van der Waals surface area contributed by atoms with E-state index in [0.717, 1.165) is 17.9 Å². The predicted octanol–water partition coefficient (Wildman–Crippen LogP) is 2.66. The molecule has 2 rings (SSSR count). The van der Waals surface area contributed by atoms with E-state index in [9.17, 15) is 0 Å². The molecule has 0 atom stereocenters. The van der Waals surface area contributed by atoms with Crippen LogP contribution >= 0.6 is 0 Å². The topological polar surface area (TPSA) is 27.1 Å². The molecule has 0 N–H and O–H groups in total. The van der Waals surface area contributed by atoms with Crippen molar-refractivity contribution in [2.24, 2.45) is 7.05 Å². The van der Waals surface area contributed by atoms with E-state index in [1.54, 1.807) is 7.11 Å². The standard InChI is InChI=1S/C13H16N2O/c1-4-13-12(9-15(2)14-13)10-5-7-11(16-3)8-6-10/h5-9H,4H2,1-3H3. The minimum Gasteiger partial charge on any atom is -0.497 e. The van der Waals surface area contributed by atoms with E-state index >= 15 is 0 Å². The van der Waals surface area contributed by atoms with E-state index in [1.807, 2.05) is 23.9 Å². The Labute approximate surface area is 95.7 Å². The van der Waals surface area contributed by atoms with Crippen LogP contribution in [0.15, 0.2) is 30.5 Å². The van der Waals surface area contributed by atoms with Crippen LogP contribution in [0.5, 0.6) is 5.75 Å². The molecule has 0 saturated carbocycles. The van der Waals surface area contributed by atoms with Gasteiger partial charge in [-0.25, -0.2) is 0 Å². The Hall–Kier alpha value is -1.77. The molecule has 2 aromatic rings. The molecule has 1 heterocycles. The summed E-state index contributed by atoms with van der Waals surface area (Å²) < 4.78 is 7.01. The molecule has 16 heavy (non-hydrogen) atoms. The summed E-state index contributed by atoms with van der Waals surface area (Å²) in [6.45, 7) is 2.12. The summed E-state index contributed by atoms with van der Waals surface area (Å²) in [4.78, 5) is 0. The largest absolute Gasteiger partial charge is 0.497 e. The zero-order valence-corrected chi connectivity index (χ0v) is 9.90. The zero-order chi connectivity index (χ0) is 11.5. The van der Waals surface area contributed by atoms with Gasteiger partial charge in [-0.05, 0) is 24.1 Å².